The summed E-state index contributed by atoms with van der Waals surface area (Å²) >= 11 is 0. The average Bonchev–Trinajstić information content (AvgIpc) is 3.48. The lowest BCUT2D eigenvalue weighted by molar-refractivity contribution is -0.193. The molecule has 45 heavy (non-hydrogen) atoms. The number of nitrogens with zero attached hydrogens (tertiary/aromatic N) is 5. The zero-order chi connectivity index (χ0) is 33.6. The third-order valence-corrected chi connectivity index (χ3v) is 8.31. The molecule has 10 nitrogen and oxygen atoms in total. The van der Waals surface area contributed by atoms with Crippen LogP contribution in [0.2, 0.25) is 0 Å². The van der Waals surface area contributed by atoms with Crippen LogP contribution in [0.3, 0.4) is 0 Å². The van der Waals surface area contributed by atoms with E-state index in [4.69, 9.17) is 19.8 Å². The van der Waals surface area contributed by atoms with Crippen LogP contribution in [0.4, 0.5) is 36.7 Å². The third kappa shape index (κ3) is 8.38. The van der Waals surface area contributed by atoms with Crippen molar-refractivity contribution >= 4 is 23.8 Å². The van der Waals surface area contributed by atoms with E-state index in [2.05, 4.69) is 26.7 Å². The zero-order valence-corrected chi connectivity index (χ0v) is 24.1. The molecule has 5 rings (SSSR count). The highest BCUT2D eigenvalue weighted by molar-refractivity contribution is 5.87. The maximum absolute atomic E-state index is 13.6. The van der Waals surface area contributed by atoms with Gasteiger partial charge in [-0.05, 0) is 63.0 Å². The number of anilines is 1. The van der Waals surface area contributed by atoms with Gasteiger partial charge in [0.05, 0.1) is 5.41 Å². The van der Waals surface area contributed by atoms with Crippen molar-refractivity contribution in [2.75, 3.05) is 44.2 Å². The van der Waals surface area contributed by atoms with Gasteiger partial charge in [-0.1, -0.05) is 12.1 Å². The van der Waals surface area contributed by atoms with E-state index in [0.29, 0.717) is 12.5 Å². The van der Waals surface area contributed by atoms with Gasteiger partial charge in [0, 0.05) is 50.5 Å². The number of amides is 1. The Balaban J connectivity index is 0.000000331. The summed E-state index contributed by atoms with van der Waals surface area (Å²) in [6.45, 7) is 7.96. The number of fused-ring (bicyclic) bond motifs is 1. The Hall–Kier alpha value is -4.02. The summed E-state index contributed by atoms with van der Waals surface area (Å²) < 4.78 is 76.7. The van der Waals surface area contributed by atoms with Gasteiger partial charge in [0.15, 0.2) is 0 Å². The SMILES string of the molecule is CCN1CCC2(CN(c3ncccn3)CC23CCN(Cc2ccc(F)cc2)CC3)C1=O.O=C(O)C(F)(F)F.O=C(O)C(F)(F)F. The summed E-state index contributed by atoms with van der Waals surface area (Å²) in [4.78, 5) is 47.1. The van der Waals surface area contributed by atoms with Crippen molar-refractivity contribution in [3.05, 3.63) is 54.1 Å². The van der Waals surface area contributed by atoms with Gasteiger partial charge in [-0.15, -0.1) is 0 Å². The van der Waals surface area contributed by atoms with Crippen molar-refractivity contribution in [1.82, 2.24) is 19.8 Å². The number of carbonyl (C=O) groups is 3. The van der Waals surface area contributed by atoms with Gasteiger partial charge >= 0.3 is 24.3 Å². The summed E-state index contributed by atoms with van der Waals surface area (Å²) in [7, 11) is 0. The minimum absolute atomic E-state index is 0.0491. The molecule has 0 saturated carbocycles. The smallest absolute Gasteiger partial charge is 0.475 e. The van der Waals surface area contributed by atoms with Crippen LogP contribution in [0.5, 0.6) is 0 Å². The average molecular weight is 652 g/mol. The number of carboxylic acids is 2. The standard InChI is InChI=1S/C24H30FN5O.2C2HF3O2/c1-2-29-15-10-24(21(29)31)18-30(22-26-11-3-12-27-22)17-23(24)8-13-28(14-9-23)16-19-4-6-20(25)7-5-19;2*3-2(4,5)1(6)7/h3-7,11-12H,2,8-10,13-18H2,1H3;2*(H,6,7). The fourth-order valence-electron chi connectivity index (χ4n) is 6.06. The van der Waals surface area contributed by atoms with Crippen LogP contribution in [0.15, 0.2) is 42.7 Å². The van der Waals surface area contributed by atoms with Crippen LogP contribution in [0.1, 0.15) is 31.7 Å². The van der Waals surface area contributed by atoms with Gasteiger partial charge in [0.1, 0.15) is 5.82 Å². The summed E-state index contributed by atoms with van der Waals surface area (Å²) in [6.07, 6.45) is -3.72. The van der Waals surface area contributed by atoms with Crippen molar-refractivity contribution in [2.24, 2.45) is 10.8 Å². The topological polar surface area (TPSA) is 127 Å². The van der Waals surface area contributed by atoms with Crippen molar-refractivity contribution in [2.45, 2.75) is 45.1 Å². The molecule has 4 heterocycles. The van der Waals surface area contributed by atoms with Crippen molar-refractivity contribution in [1.29, 1.82) is 0 Å². The van der Waals surface area contributed by atoms with Gasteiger partial charge in [0.2, 0.25) is 11.9 Å². The third-order valence-electron chi connectivity index (χ3n) is 8.31. The van der Waals surface area contributed by atoms with Crippen LogP contribution in [-0.4, -0.2) is 99.4 Å². The Morgan fingerprint density at radius 3 is 1.82 bits per heavy atom. The molecule has 1 aromatic heterocycles. The Morgan fingerprint density at radius 1 is 0.867 bits per heavy atom. The molecule has 3 aliphatic rings. The number of carbonyl (C=O) groups excluding carboxylic acids is 1. The number of carboxylic acid groups (broad SMARTS) is 2. The Labute approximate surface area is 253 Å². The molecule has 1 aromatic carbocycles. The number of alkyl halides is 6. The Kier molecular flexibility index (Phi) is 11.0. The van der Waals surface area contributed by atoms with E-state index in [1.807, 2.05) is 23.1 Å². The molecule has 0 radical (unpaired) electrons. The number of likely N-dealkylation sites (tertiary alicyclic amines) is 2. The molecule has 17 heteroatoms. The monoisotopic (exact) mass is 651 g/mol. The minimum atomic E-state index is -5.08. The first-order valence-electron chi connectivity index (χ1n) is 13.8. The van der Waals surface area contributed by atoms with Crippen molar-refractivity contribution in [3.8, 4) is 0 Å². The maximum Gasteiger partial charge on any atom is 0.490 e. The first-order chi connectivity index (χ1) is 20.9. The first kappa shape index (κ1) is 35.5. The first-order valence-corrected chi connectivity index (χ1v) is 13.8. The molecule has 2 N–H and O–H groups in total. The number of hydrogen-bond donors (Lipinski definition) is 2. The van der Waals surface area contributed by atoms with Crippen LogP contribution < -0.4 is 4.90 Å². The Bertz CT molecular complexity index is 1300. The summed E-state index contributed by atoms with van der Waals surface area (Å²) in [5, 5.41) is 14.2. The second-order valence-corrected chi connectivity index (χ2v) is 10.9. The van der Waals surface area contributed by atoms with Crippen molar-refractivity contribution in [3.63, 3.8) is 0 Å². The lowest BCUT2D eigenvalue weighted by Crippen LogP contribution is -2.52. The Morgan fingerprint density at radius 2 is 1.38 bits per heavy atom. The number of benzene rings is 1. The maximum atomic E-state index is 13.6. The molecule has 3 saturated heterocycles. The molecular formula is C28H32F7N5O5. The molecule has 1 unspecified atom stereocenters. The highest BCUT2D eigenvalue weighted by atomic mass is 19.4. The van der Waals surface area contributed by atoms with Gasteiger partial charge in [-0.2, -0.15) is 26.3 Å². The normalized spacial score (nSPS) is 21.3. The van der Waals surface area contributed by atoms with E-state index in [-0.39, 0.29) is 16.6 Å². The zero-order valence-electron chi connectivity index (χ0n) is 24.1. The number of piperidine rings is 1. The minimum Gasteiger partial charge on any atom is -0.475 e. The quantitative estimate of drug-likeness (QED) is 0.468. The largest absolute Gasteiger partial charge is 0.490 e. The number of halogens is 7. The molecular weight excluding hydrogens is 619 g/mol. The van der Waals surface area contributed by atoms with Gasteiger partial charge in [0.25, 0.3) is 0 Å². The highest BCUT2D eigenvalue weighted by Gasteiger charge is 2.65. The fourth-order valence-corrected chi connectivity index (χ4v) is 6.06. The lowest BCUT2D eigenvalue weighted by Gasteiger charge is -2.46. The molecule has 248 valence electrons. The van der Waals surface area contributed by atoms with E-state index in [1.165, 1.54) is 12.1 Å². The molecule has 3 aliphatic heterocycles. The van der Waals surface area contributed by atoms with Crippen LogP contribution in [0.25, 0.3) is 0 Å². The van der Waals surface area contributed by atoms with E-state index in [9.17, 15) is 35.5 Å². The molecule has 2 aromatic rings. The van der Waals surface area contributed by atoms with E-state index >= 15 is 0 Å². The number of aromatic nitrogens is 2. The second kappa shape index (κ2) is 14.0. The highest BCUT2D eigenvalue weighted by Crippen LogP contribution is 2.58. The molecule has 3 fully saturated rings. The number of rotatable bonds is 4. The summed E-state index contributed by atoms with van der Waals surface area (Å²) in [5.41, 5.74) is 0.739. The number of hydrogen-bond acceptors (Lipinski definition) is 7. The van der Waals surface area contributed by atoms with Crippen LogP contribution >= 0.6 is 0 Å². The van der Waals surface area contributed by atoms with E-state index < -0.39 is 24.3 Å². The van der Waals surface area contributed by atoms with Crippen molar-refractivity contribution < 1.29 is 55.3 Å². The predicted molar refractivity (Wildman–Crippen MR) is 144 cm³/mol. The summed E-state index contributed by atoms with van der Waals surface area (Å²) in [6, 6.07) is 8.62. The van der Waals surface area contributed by atoms with Gasteiger partial charge < -0.3 is 20.0 Å². The fraction of sp³-hybridized carbons (Fsp3) is 0.536. The molecule has 0 aliphatic carbocycles. The number of aliphatic carboxylic acids is 2. The van der Waals surface area contributed by atoms with Gasteiger partial charge in [-0.3, -0.25) is 9.69 Å². The lowest BCUT2D eigenvalue weighted by atomic mass is 9.60. The summed E-state index contributed by atoms with van der Waals surface area (Å²) in [5.74, 6) is -4.66. The second-order valence-electron chi connectivity index (χ2n) is 10.9. The predicted octanol–water partition coefficient (Wildman–Crippen LogP) is 4.22. The molecule has 2 spiro atoms. The van der Waals surface area contributed by atoms with Crippen LogP contribution in [0, 0.1) is 16.6 Å². The molecule has 1 atom stereocenters. The molecule has 1 amide bonds. The van der Waals surface area contributed by atoms with E-state index in [0.717, 1.165) is 70.0 Å². The van der Waals surface area contributed by atoms with Crippen LogP contribution in [-0.2, 0) is 20.9 Å². The molecule has 0 bridgehead atoms. The van der Waals surface area contributed by atoms with Gasteiger partial charge in [-0.25, -0.2) is 23.9 Å². The van der Waals surface area contributed by atoms with E-state index in [1.54, 1.807) is 12.4 Å².